The average molecular weight is 373 g/mol. The summed E-state index contributed by atoms with van der Waals surface area (Å²) in [6, 6.07) is 8.54. The van der Waals surface area contributed by atoms with E-state index in [1.807, 2.05) is 0 Å². The number of nitrogens with one attached hydrogen (secondary N) is 1. The fourth-order valence-electron chi connectivity index (χ4n) is 1.65. The van der Waals surface area contributed by atoms with Gasteiger partial charge in [0.15, 0.2) is 0 Å². The Bertz CT molecular complexity index is 778. The first-order chi connectivity index (χ1) is 9.81. The van der Waals surface area contributed by atoms with Crippen LogP contribution in [0.25, 0.3) is 0 Å². The number of halogens is 1. The Labute approximate surface area is 130 Å². The van der Waals surface area contributed by atoms with Crippen molar-refractivity contribution in [3.05, 3.63) is 40.9 Å². The first kappa shape index (κ1) is 15.5. The van der Waals surface area contributed by atoms with Crippen molar-refractivity contribution in [2.45, 2.75) is 4.90 Å². The average Bonchev–Trinajstić information content (AvgIpc) is 2.40. The smallest absolute Gasteiger partial charge is 0.261 e. The van der Waals surface area contributed by atoms with Crippen LogP contribution in [-0.2, 0) is 10.0 Å². The number of anilines is 2. The maximum absolute atomic E-state index is 12.3. The monoisotopic (exact) mass is 372 g/mol. The molecule has 0 unspecified atom stereocenters. The molecule has 0 atom stereocenters. The number of phenolic OH excluding ortho intramolecular Hbond substituents is 1. The Morgan fingerprint density at radius 3 is 2.57 bits per heavy atom. The molecule has 8 heteroatoms. The molecule has 0 heterocycles. The van der Waals surface area contributed by atoms with Crippen LogP contribution < -0.4 is 15.2 Å². The van der Waals surface area contributed by atoms with Crippen LogP contribution in [0.2, 0.25) is 0 Å². The van der Waals surface area contributed by atoms with E-state index in [1.165, 1.54) is 25.3 Å². The van der Waals surface area contributed by atoms with Crippen LogP contribution in [0.3, 0.4) is 0 Å². The van der Waals surface area contributed by atoms with Crippen LogP contribution in [0, 0.1) is 0 Å². The lowest BCUT2D eigenvalue weighted by molar-refractivity contribution is 0.415. The highest BCUT2D eigenvalue weighted by Crippen LogP contribution is 2.28. The van der Waals surface area contributed by atoms with Crippen molar-refractivity contribution in [1.82, 2.24) is 0 Å². The SMILES string of the molecule is COc1cc(Br)cc(NS(=O)(=O)c2ccc(O)c(N)c2)c1. The molecular formula is C13H13BrN2O4S. The van der Waals surface area contributed by atoms with Gasteiger partial charge < -0.3 is 15.6 Å². The van der Waals surface area contributed by atoms with Crippen molar-refractivity contribution in [3.8, 4) is 11.5 Å². The number of nitrogens with two attached hydrogens (primary N) is 1. The van der Waals surface area contributed by atoms with Crippen LogP contribution in [-0.4, -0.2) is 20.6 Å². The number of rotatable bonds is 4. The third kappa shape index (κ3) is 3.59. The standard InChI is InChI=1S/C13H13BrN2O4S/c1-20-10-5-8(14)4-9(6-10)16-21(18,19)11-2-3-13(17)12(15)7-11/h2-7,16-17H,15H2,1H3. The summed E-state index contributed by atoms with van der Waals surface area (Å²) >= 11 is 3.27. The topological polar surface area (TPSA) is 102 Å². The minimum Gasteiger partial charge on any atom is -0.506 e. The van der Waals surface area contributed by atoms with Gasteiger partial charge >= 0.3 is 0 Å². The summed E-state index contributed by atoms with van der Waals surface area (Å²) in [4.78, 5) is -0.0447. The number of methoxy groups -OCH3 is 1. The van der Waals surface area contributed by atoms with Gasteiger partial charge in [-0.1, -0.05) is 15.9 Å². The van der Waals surface area contributed by atoms with Crippen LogP contribution in [0.4, 0.5) is 11.4 Å². The molecule has 21 heavy (non-hydrogen) atoms. The summed E-state index contributed by atoms with van der Waals surface area (Å²) in [7, 11) is -2.33. The molecule has 6 nitrogen and oxygen atoms in total. The van der Waals surface area contributed by atoms with E-state index in [0.717, 1.165) is 0 Å². The predicted octanol–water partition coefficient (Wildman–Crippen LogP) is 2.55. The van der Waals surface area contributed by atoms with Crippen molar-refractivity contribution in [2.75, 3.05) is 17.6 Å². The van der Waals surface area contributed by atoms with E-state index in [4.69, 9.17) is 10.5 Å². The second-order valence-electron chi connectivity index (χ2n) is 4.21. The Hall–Kier alpha value is -1.93. The summed E-state index contributed by atoms with van der Waals surface area (Å²) < 4.78 is 32.7. The molecule has 0 aliphatic rings. The molecule has 0 saturated heterocycles. The molecular weight excluding hydrogens is 360 g/mol. The Balaban J connectivity index is 2.37. The second kappa shape index (κ2) is 5.82. The molecule has 2 aromatic rings. The van der Waals surface area contributed by atoms with Gasteiger partial charge in [0.2, 0.25) is 0 Å². The number of hydrogen-bond donors (Lipinski definition) is 3. The molecule has 0 aromatic heterocycles. The van der Waals surface area contributed by atoms with Crippen molar-refractivity contribution in [3.63, 3.8) is 0 Å². The van der Waals surface area contributed by atoms with E-state index in [2.05, 4.69) is 20.7 Å². The first-order valence-electron chi connectivity index (χ1n) is 5.78. The molecule has 0 saturated carbocycles. The molecule has 0 fully saturated rings. The number of phenols is 1. The lowest BCUT2D eigenvalue weighted by atomic mass is 10.3. The van der Waals surface area contributed by atoms with Crippen LogP contribution in [0.5, 0.6) is 11.5 Å². The molecule has 4 N–H and O–H groups in total. The summed E-state index contributed by atoms with van der Waals surface area (Å²) in [6.07, 6.45) is 0. The highest BCUT2D eigenvalue weighted by atomic mass is 79.9. The van der Waals surface area contributed by atoms with E-state index in [1.54, 1.807) is 18.2 Å². The zero-order valence-electron chi connectivity index (χ0n) is 11.0. The number of benzene rings is 2. The van der Waals surface area contributed by atoms with Crippen molar-refractivity contribution < 1.29 is 18.3 Å². The van der Waals surface area contributed by atoms with Gasteiger partial charge in [-0.05, 0) is 30.3 Å². The number of ether oxygens (including phenoxy) is 1. The fraction of sp³-hybridized carbons (Fsp3) is 0.0769. The number of sulfonamides is 1. The highest BCUT2D eigenvalue weighted by molar-refractivity contribution is 9.10. The first-order valence-corrected chi connectivity index (χ1v) is 8.05. The van der Waals surface area contributed by atoms with Gasteiger partial charge in [0.1, 0.15) is 11.5 Å². The number of hydrogen-bond acceptors (Lipinski definition) is 5. The van der Waals surface area contributed by atoms with Crippen molar-refractivity contribution in [1.29, 1.82) is 0 Å². The third-order valence-electron chi connectivity index (χ3n) is 2.67. The normalized spacial score (nSPS) is 11.1. The molecule has 2 rings (SSSR count). The maximum atomic E-state index is 12.3. The van der Waals surface area contributed by atoms with Gasteiger partial charge in [-0.25, -0.2) is 8.42 Å². The van der Waals surface area contributed by atoms with Crippen molar-refractivity contribution >= 4 is 37.3 Å². The quantitative estimate of drug-likeness (QED) is 0.565. The molecule has 0 aliphatic heterocycles. The van der Waals surface area contributed by atoms with E-state index in [0.29, 0.717) is 15.9 Å². The number of aromatic hydroxyl groups is 1. The van der Waals surface area contributed by atoms with Crippen LogP contribution >= 0.6 is 15.9 Å². The van der Waals surface area contributed by atoms with Crippen molar-refractivity contribution in [2.24, 2.45) is 0 Å². The Morgan fingerprint density at radius 2 is 1.95 bits per heavy atom. The second-order valence-corrected chi connectivity index (χ2v) is 6.80. The molecule has 0 spiro atoms. The van der Waals surface area contributed by atoms with Gasteiger partial charge in [0.05, 0.1) is 23.4 Å². The minimum absolute atomic E-state index is 0.00954. The molecule has 0 bridgehead atoms. The maximum Gasteiger partial charge on any atom is 0.261 e. The van der Waals surface area contributed by atoms with E-state index >= 15 is 0 Å². The number of nitrogen functional groups attached to an aromatic ring is 1. The zero-order chi connectivity index (χ0) is 15.6. The fourth-order valence-corrected chi connectivity index (χ4v) is 3.20. The van der Waals surface area contributed by atoms with Crippen LogP contribution in [0.1, 0.15) is 0 Å². The van der Waals surface area contributed by atoms with Crippen LogP contribution in [0.15, 0.2) is 45.8 Å². The molecule has 0 amide bonds. The summed E-state index contributed by atoms with van der Waals surface area (Å²) in [6.45, 7) is 0. The summed E-state index contributed by atoms with van der Waals surface area (Å²) in [5.41, 5.74) is 5.84. The molecule has 112 valence electrons. The van der Waals surface area contributed by atoms with Gasteiger partial charge in [-0.3, -0.25) is 4.72 Å². The summed E-state index contributed by atoms with van der Waals surface area (Å²) in [5.74, 6) is 0.338. The third-order valence-corrected chi connectivity index (χ3v) is 4.51. The zero-order valence-corrected chi connectivity index (χ0v) is 13.4. The minimum atomic E-state index is -3.81. The van der Waals surface area contributed by atoms with E-state index < -0.39 is 10.0 Å². The molecule has 2 aromatic carbocycles. The van der Waals surface area contributed by atoms with Gasteiger partial charge in [0.25, 0.3) is 10.0 Å². The molecule has 0 radical (unpaired) electrons. The predicted molar refractivity (Wildman–Crippen MR) is 84.0 cm³/mol. The molecule has 0 aliphatic carbocycles. The summed E-state index contributed by atoms with van der Waals surface area (Å²) in [5, 5.41) is 9.34. The lowest BCUT2D eigenvalue weighted by Gasteiger charge is -2.11. The Morgan fingerprint density at radius 1 is 1.24 bits per heavy atom. The Kier molecular flexibility index (Phi) is 4.29. The van der Waals surface area contributed by atoms with E-state index in [-0.39, 0.29) is 16.3 Å². The van der Waals surface area contributed by atoms with E-state index in [9.17, 15) is 13.5 Å². The largest absolute Gasteiger partial charge is 0.506 e. The lowest BCUT2D eigenvalue weighted by Crippen LogP contribution is -2.13. The van der Waals surface area contributed by atoms with Gasteiger partial charge in [0, 0.05) is 10.5 Å². The van der Waals surface area contributed by atoms with Gasteiger partial charge in [-0.15, -0.1) is 0 Å². The highest BCUT2D eigenvalue weighted by Gasteiger charge is 2.16. The van der Waals surface area contributed by atoms with Gasteiger partial charge in [-0.2, -0.15) is 0 Å².